The molecule has 30 heavy (non-hydrogen) atoms. The molecule has 0 amide bonds. The molecule has 0 atom stereocenters. The van der Waals surface area contributed by atoms with Crippen LogP contribution in [-0.2, 0) is 11.3 Å². The highest BCUT2D eigenvalue weighted by molar-refractivity contribution is 5.88. The highest BCUT2D eigenvalue weighted by atomic mass is 16.5. The molecule has 148 valence electrons. The normalized spacial score (nSPS) is 11.2. The number of benzene rings is 1. The summed E-state index contributed by atoms with van der Waals surface area (Å²) in [6.45, 7) is 2.53. The van der Waals surface area contributed by atoms with Crippen molar-refractivity contribution >= 4 is 28.2 Å². The molecule has 4 aromatic heterocycles. The van der Waals surface area contributed by atoms with E-state index in [9.17, 15) is 4.79 Å². The quantitative estimate of drug-likeness (QED) is 0.413. The van der Waals surface area contributed by atoms with Gasteiger partial charge in [-0.25, -0.2) is 24.1 Å². The molecule has 1 aromatic carbocycles. The van der Waals surface area contributed by atoms with Gasteiger partial charge in [0.1, 0.15) is 0 Å². The first-order chi connectivity index (χ1) is 14.7. The zero-order valence-electron chi connectivity index (χ0n) is 16.0. The number of hydrogen-bond donors (Lipinski definition) is 0. The number of hydrogen-bond acceptors (Lipinski definition) is 8. The van der Waals surface area contributed by atoms with Gasteiger partial charge in [-0.05, 0) is 30.7 Å². The summed E-state index contributed by atoms with van der Waals surface area (Å²) in [5.74, 6) is 0.0135. The van der Waals surface area contributed by atoms with Crippen molar-refractivity contribution in [2.24, 2.45) is 0 Å². The highest BCUT2D eigenvalue weighted by Gasteiger charge is 2.14. The van der Waals surface area contributed by atoms with E-state index in [0.29, 0.717) is 35.8 Å². The summed E-state index contributed by atoms with van der Waals surface area (Å²) in [5.41, 5.74) is 3.27. The lowest BCUT2D eigenvalue weighted by Gasteiger charge is -2.05. The van der Waals surface area contributed by atoms with E-state index < -0.39 is 5.97 Å². The maximum Gasteiger partial charge on any atom is 0.341 e. The summed E-state index contributed by atoms with van der Waals surface area (Å²) in [5, 5.41) is 13.5. The van der Waals surface area contributed by atoms with Crippen LogP contribution in [0.2, 0.25) is 0 Å². The molecular weight excluding hydrogens is 384 g/mol. The molecule has 0 N–H and O–H groups in total. The van der Waals surface area contributed by atoms with E-state index in [2.05, 4.69) is 36.4 Å². The number of rotatable bonds is 5. The first-order valence-electron chi connectivity index (χ1n) is 9.33. The maximum absolute atomic E-state index is 11.9. The van der Waals surface area contributed by atoms with Crippen LogP contribution >= 0.6 is 0 Å². The SMILES string of the molecule is CCOC(=O)c1cnn(-c2cnc3nnn(Cc4ccc5ncccc5c4)c3n2)c1. The molecule has 5 rings (SSSR count). The average molecular weight is 400 g/mol. The standard InChI is InChI=1S/C20H16N8O2/c1-2-30-20(29)15-9-23-27(12-15)17-10-22-18-19(24-17)28(26-25-18)11-13-5-6-16-14(8-13)4-3-7-21-16/h3-10,12H,2,11H2,1H3. The summed E-state index contributed by atoms with van der Waals surface area (Å²) in [6, 6.07) is 9.96. The second-order valence-corrected chi connectivity index (χ2v) is 6.55. The van der Waals surface area contributed by atoms with Crippen molar-refractivity contribution in [3.63, 3.8) is 0 Å². The Morgan fingerprint density at radius 2 is 2.10 bits per heavy atom. The van der Waals surface area contributed by atoms with Crippen LogP contribution in [0.4, 0.5) is 0 Å². The number of fused-ring (bicyclic) bond motifs is 2. The third-order valence-corrected chi connectivity index (χ3v) is 4.54. The van der Waals surface area contributed by atoms with E-state index in [1.807, 2.05) is 24.3 Å². The number of carbonyl (C=O) groups is 1. The van der Waals surface area contributed by atoms with Crippen molar-refractivity contribution < 1.29 is 9.53 Å². The van der Waals surface area contributed by atoms with Gasteiger partial charge in [0, 0.05) is 17.8 Å². The van der Waals surface area contributed by atoms with E-state index >= 15 is 0 Å². The van der Waals surface area contributed by atoms with Crippen molar-refractivity contribution in [3.05, 3.63) is 66.2 Å². The number of carbonyl (C=O) groups excluding carboxylic acids is 1. The first-order valence-corrected chi connectivity index (χ1v) is 9.33. The number of esters is 1. The monoisotopic (exact) mass is 400 g/mol. The van der Waals surface area contributed by atoms with Gasteiger partial charge in [-0.1, -0.05) is 17.3 Å². The van der Waals surface area contributed by atoms with Crippen molar-refractivity contribution in [1.82, 2.24) is 39.7 Å². The Morgan fingerprint density at radius 1 is 1.17 bits per heavy atom. The molecular formula is C20H16N8O2. The Morgan fingerprint density at radius 3 is 3.00 bits per heavy atom. The third kappa shape index (κ3) is 3.24. The second kappa shape index (κ2) is 7.32. The van der Waals surface area contributed by atoms with Gasteiger partial charge in [0.05, 0.1) is 36.6 Å². The number of aromatic nitrogens is 8. The van der Waals surface area contributed by atoms with Crippen LogP contribution in [0.15, 0.2) is 55.1 Å². The van der Waals surface area contributed by atoms with Crippen molar-refractivity contribution in [1.29, 1.82) is 0 Å². The average Bonchev–Trinajstić information content (AvgIpc) is 3.41. The summed E-state index contributed by atoms with van der Waals surface area (Å²) in [6.07, 6.45) is 6.29. The number of nitrogens with zero attached hydrogens (tertiary/aromatic N) is 8. The topological polar surface area (TPSA) is 114 Å². The molecule has 5 aromatic rings. The van der Waals surface area contributed by atoms with Crippen LogP contribution in [0.1, 0.15) is 22.8 Å². The van der Waals surface area contributed by atoms with Crippen LogP contribution in [0.25, 0.3) is 28.0 Å². The molecule has 0 aliphatic heterocycles. The van der Waals surface area contributed by atoms with Gasteiger partial charge in [-0.2, -0.15) is 5.10 Å². The van der Waals surface area contributed by atoms with Gasteiger partial charge in [0.15, 0.2) is 11.5 Å². The minimum Gasteiger partial charge on any atom is -0.462 e. The van der Waals surface area contributed by atoms with Crippen molar-refractivity contribution in [3.8, 4) is 5.82 Å². The van der Waals surface area contributed by atoms with Gasteiger partial charge in [-0.3, -0.25) is 4.98 Å². The van der Waals surface area contributed by atoms with E-state index in [1.165, 1.54) is 17.1 Å². The Bertz CT molecular complexity index is 1370. The lowest BCUT2D eigenvalue weighted by atomic mass is 10.1. The molecule has 0 saturated carbocycles. The second-order valence-electron chi connectivity index (χ2n) is 6.55. The summed E-state index contributed by atoms with van der Waals surface area (Å²) in [7, 11) is 0. The molecule has 0 fully saturated rings. The highest BCUT2D eigenvalue weighted by Crippen LogP contribution is 2.16. The van der Waals surface area contributed by atoms with E-state index in [-0.39, 0.29) is 0 Å². The lowest BCUT2D eigenvalue weighted by Crippen LogP contribution is -2.06. The van der Waals surface area contributed by atoms with Crippen molar-refractivity contribution in [2.75, 3.05) is 6.61 Å². The number of pyridine rings is 1. The summed E-state index contributed by atoms with van der Waals surface area (Å²) in [4.78, 5) is 25.1. The largest absolute Gasteiger partial charge is 0.462 e. The number of ether oxygens (including phenoxy) is 1. The molecule has 10 nitrogen and oxygen atoms in total. The maximum atomic E-state index is 11.9. The van der Waals surface area contributed by atoms with Crippen molar-refractivity contribution in [2.45, 2.75) is 13.5 Å². The molecule has 0 saturated heterocycles. The Hall–Kier alpha value is -4.21. The van der Waals surface area contributed by atoms with E-state index in [1.54, 1.807) is 24.0 Å². The fourth-order valence-corrected chi connectivity index (χ4v) is 3.13. The van der Waals surface area contributed by atoms with Crippen LogP contribution in [0.3, 0.4) is 0 Å². The minimum absolute atomic E-state index is 0.297. The molecule has 0 aliphatic rings. The molecule has 0 aliphatic carbocycles. The fraction of sp³-hybridized carbons (Fsp3) is 0.150. The van der Waals surface area contributed by atoms with Crippen LogP contribution in [0, 0.1) is 0 Å². The van der Waals surface area contributed by atoms with Crippen LogP contribution in [-0.4, -0.2) is 52.3 Å². The molecule has 0 radical (unpaired) electrons. The first kappa shape index (κ1) is 17.9. The molecule has 4 heterocycles. The van der Waals surface area contributed by atoms with E-state index in [0.717, 1.165) is 16.5 Å². The summed E-state index contributed by atoms with van der Waals surface area (Å²) < 4.78 is 8.14. The zero-order chi connectivity index (χ0) is 20.5. The van der Waals surface area contributed by atoms with Crippen LogP contribution < -0.4 is 0 Å². The Labute approximate surface area is 170 Å². The van der Waals surface area contributed by atoms with E-state index in [4.69, 9.17) is 4.74 Å². The fourth-order valence-electron chi connectivity index (χ4n) is 3.13. The zero-order valence-corrected chi connectivity index (χ0v) is 16.0. The van der Waals surface area contributed by atoms with Crippen LogP contribution in [0.5, 0.6) is 0 Å². The Balaban J connectivity index is 1.47. The predicted octanol–water partition coefficient (Wildman–Crippen LogP) is 2.18. The lowest BCUT2D eigenvalue weighted by molar-refractivity contribution is 0.0526. The summed E-state index contributed by atoms with van der Waals surface area (Å²) >= 11 is 0. The molecule has 0 bridgehead atoms. The third-order valence-electron chi connectivity index (χ3n) is 4.54. The van der Waals surface area contributed by atoms with Gasteiger partial charge in [-0.15, -0.1) is 5.10 Å². The predicted molar refractivity (Wildman–Crippen MR) is 107 cm³/mol. The molecule has 10 heteroatoms. The minimum atomic E-state index is -0.435. The Kier molecular flexibility index (Phi) is 4.36. The van der Waals surface area contributed by atoms with Gasteiger partial charge >= 0.3 is 5.97 Å². The van der Waals surface area contributed by atoms with Gasteiger partial charge in [0.2, 0.25) is 5.65 Å². The van der Waals surface area contributed by atoms with Gasteiger partial charge < -0.3 is 4.74 Å². The molecule has 0 spiro atoms. The molecule has 0 unspecified atom stereocenters. The smallest absolute Gasteiger partial charge is 0.341 e. The van der Waals surface area contributed by atoms with Gasteiger partial charge in [0.25, 0.3) is 0 Å².